The lowest BCUT2D eigenvalue weighted by molar-refractivity contribution is -0.127. The summed E-state index contributed by atoms with van der Waals surface area (Å²) in [6.07, 6.45) is 0.424. The topological polar surface area (TPSA) is 84.5 Å². The number of amides is 1. The third kappa shape index (κ3) is 7.09. The fraction of sp³-hybridized carbons (Fsp3) is 0.409. The van der Waals surface area contributed by atoms with Gasteiger partial charge in [-0.05, 0) is 54.7 Å². The molecule has 0 spiro atoms. The van der Waals surface area contributed by atoms with Crippen molar-refractivity contribution >= 4 is 21.6 Å². The van der Waals surface area contributed by atoms with Gasteiger partial charge in [0.2, 0.25) is 10.0 Å². The second-order valence-corrected chi connectivity index (χ2v) is 10.0. The maximum Gasteiger partial charge on any atom is 0.261 e. The van der Waals surface area contributed by atoms with Gasteiger partial charge in [0.05, 0.1) is 12.3 Å². The summed E-state index contributed by atoms with van der Waals surface area (Å²) in [4.78, 5) is 12.5. The first-order valence-corrected chi connectivity index (χ1v) is 11.4. The first-order valence-electron chi connectivity index (χ1n) is 9.50. The van der Waals surface area contributed by atoms with Gasteiger partial charge in [0.15, 0.2) is 6.10 Å². The number of benzene rings is 2. The number of hydrogen-bond acceptors (Lipinski definition) is 4. The van der Waals surface area contributed by atoms with Gasteiger partial charge in [0.25, 0.3) is 5.91 Å². The van der Waals surface area contributed by atoms with E-state index < -0.39 is 16.1 Å². The van der Waals surface area contributed by atoms with Gasteiger partial charge in [-0.25, -0.2) is 8.42 Å². The lowest BCUT2D eigenvalue weighted by Crippen LogP contribution is -2.37. The lowest BCUT2D eigenvalue weighted by Gasteiger charge is -2.21. The van der Waals surface area contributed by atoms with Crippen LogP contribution in [0.1, 0.15) is 51.8 Å². The summed E-state index contributed by atoms with van der Waals surface area (Å²) in [6, 6.07) is 14.4. The van der Waals surface area contributed by atoms with Crippen LogP contribution >= 0.6 is 0 Å². The van der Waals surface area contributed by atoms with Crippen LogP contribution in [-0.2, 0) is 20.2 Å². The maximum atomic E-state index is 12.5. The van der Waals surface area contributed by atoms with Crippen LogP contribution in [0.15, 0.2) is 48.5 Å². The van der Waals surface area contributed by atoms with E-state index in [4.69, 9.17) is 4.74 Å². The Morgan fingerprint density at radius 1 is 1.03 bits per heavy atom. The Hall–Kier alpha value is -2.54. The molecule has 0 heterocycles. The highest BCUT2D eigenvalue weighted by atomic mass is 32.2. The van der Waals surface area contributed by atoms with E-state index >= 15 is 0 Å². The Morgan fingerprint density at radius 2 is 1.66 bits per heavy atom. The molecule has 0 bridgehead atoms. The van der Waals surface area contributed by atoms with Crippen LogP contribution in [0.25, 0.3) is 0 Å². The van der Waals surface area contributed by atoms with E-state index in [2.05, 4.69) is 30.8 Å². The van der Waals surface area contributed by atoms with Gasteiger partial charge in [-0.15, -0.1) is 0 Å². The molecule has 0 aliphatic rings. The van der Waals surface area contributed by atoms with E-state index in [1.165, 1.54) is 5.56 Å². The molecule has 2 rings (SSSR count). The third-order valence-corrected chi connectivity index (χ3v) is 5.06. The second-order valence-electron chi connectivity index (χ2n) is 8.26. The molecule has 29 heavy (non-hydrogen) atoms. The highest BCUT2D eigenvalue weighted by molar-refractivity contribution is 7.92. The van der Waals surface area contributed by atoms with Gasteiger partial charge in [-0.3, -0.25) is 9.52 Å². The van der Waals surface area contributed by atoms with Crippen molar-refractivity contribution in [1.82, 2.24) is 5.32 Å². The predicted octanol–water partition coefficient (Wildman–Crippen LogP) is 4.00. The van der Waals surface area contributed by atoms with Gasteiger partial charge in [0.1, 0.15) is 5.75 Å². The van der Waals surface area contributed by atoms with E-state index in [0.29, 0.717) is 11.4 Å². The number of rotatable bonds is 7. The average molecular weight is 419 g/mol. The number of sulfonamides is 1. The number of hydrogen-bond donors (Lipinski definition) is 2. The zero-order valence-corrected chi connectivity index (χ0v) is 18.6. The zero-order chi connectivity index (χ0) is 21.8. The number of anilines is 1. The number of carbonyl (C=O) groups is 1. The molecular formula is C22H30N2O4S. The summed E-state index contributed by atoms with van der Waals surface area (Å²) in [7, 11) is -3.36. The molecule has 2 atom stereocenters. The molecule has 0 aliphatic heterocycles. The molecule has 0 fully saturated rings. The van der Waals surface area contributed by atoms with E-state index in [0.717, 1.165) is 11.8 Å². The molecule has 6 nitrogen and oxygen atoms in total. The standard InChI is InChI=1S/C22H30N2O4S/c1-15(17-8-7-9-19(14-17)24-29(6,26)27)23-21(25)16(2)28-20-12-10-18(11-13-20)22(3,4)5/h7-16,24H,1-6H3,(H,23,25). The van der Waals surface area contributed by atoms with Crippen molar-refractivity contribution < 1.29 is 17.9 Å². The molecule has 0 aliphatic carbocycles. The Labute approximate surface area is 173 Å². The minimum Gasteiger partial charge on any atom is -0.481 e. The lowest BCUT2D eigenvalue weighted by atomic mass is 9.87. The third-order valence-electron chi connectivity index (χ3n) is 4.45. The Kier molecular flexibility index (Phi) is 6.95. The van der Waals surface area contributed by atoms with E-state index in [-0.39, 0.29) is 17.4 Å². The van der Waals surface area contributed by atoms with Gasteiger partial charge in [-0.1, -0.05) is 45.0 Å². The van der Waals surface area contributed by atoms with Crippen molar-refractivity contribution in [3.63, 3.8) is 0 Å². The fourth-order valence-corrected chi connectivity index (χ4v) is 3.35. The molecule has 0 radical (unpaired) electrons. The summed E-state index contributed by atoms with van der Waals surface area (Å²) >= 11 is 0. The van der Waals surface area contributed by atoms with Crippen LogP contribution in [0.3, 0.4) is 0 Å². The Morgan fingerprint density at radius 3 is 2.21 bits per heavy atom. The number of carbonyl (C=O) groups excluding carboxylic acids is 1. The highest BCUT2D eigenvalue weighted by Crippen LogP contribution is 2.25. The molecular weight excluding hydrogens is 388 g/mol. The molecule has 2 aromatic rings. The highest BCUT2D eigenvalue weighted by Gasteiger charge is 2.19. The second kappa shape index (κ2) is 8.86. The van der Waals surface area contributed by atoms with Crippen LogP contribution in [0.2, 0.25) is 0 Å². The van der Waals surface area contributed by atoms with Crippen molar-refractivity contribution in [3.8, 4) is 5.75 Å². The zero-order valence-electron chi connectivity index (χ0n) is 17.8. The molecule has 0 saturated heterocycles. The van der Waals surface area contributed by atoms with Crippen LogP contribution in [0.4, 0.5) is 5.69 Å². The summed E-state index contributed by atoms with van der Waals surface area (Å²) in [5.41, 5.74) is 2.48. The summed E-state index contributed by atoms with van der Waals surface area (Å²) in [5.74, 6) is 0.381. The summed E-state index contributed by atoms with van der Waals surface area (Å²) in [6.45, 7) is 9.95. The van der Waals surface area contributed by atoms with Crippen molar-refractivity contribution in [2.75, 3.05) is 11.0 Å². The van der Waals surface area contributed by atoms with Crippen molar-refractivity contribution in [1.29, 1.82) is 0 Å². The molecule has 2 aromatic carbocycles. The van der Waals surface area contributed by atoms with Crippen molar-refractivity contribution in [2.45, 2.75) is 52.2 Å². The summed E-state index contributed by atoms with van der Waals surface area (Å²) in [5, 5.41) is 2.90. The average Bonchev–Trinajstić information content (AvgIpc) is 2.60. The fourth-order valence-electron chi connectivity index (χ4n) is 2.79. The smallest absolute Gasteiger partial charge is 0.261 e. The molecule has 0 saturated carbocycles. The first kappa shape index (κ1) is 22.7. The minimum atomic E-state index is -3.36. The predicted molar refractivity (Wildman–Crippen MR) is 117 cm³/mol. The molecule has 158 valence electrons. The molecule has 7 heteroatoms. The normalized spacial score (nSPS) is 14.0. The monoisotopic (exact) mass is 418 g/mol. The first-order chi connectivity index (χ1) is 13.3. The van der Waals surface area contributed by atoms with Crippen LogP contribution in [0.5, 0.6) is 5.75 Å². The van der Waals surface area contributed by atoms with E-state index in [1.807, 2.05) is 37.3 Å². The number of ether oxygens (including phenoxy) is 1. The van der Waals surface area contributed by atoms with Crippen molar-refractivity contribution in [3.05, 3.63) is 59.7 Å². The largest absolute Gasteiger partial charge is 0.481 e. The van der Waals surface area contributed by atoms with Gasteiger partial charge in [0, 0.05) is 5.69 Å². The molecule has 2 N–H and O–H groups in total. The minimum absolute atomic E-state index is 0.0530. The Bertz CT molecular complexity index is 948. The molecule has 1 amide bonds. The van der Waals surface area contributed by atoms with Crippen molar-refractivity contribution in [2.24, 2.45) is 0 Å². The van der Waals surface area contributed by atoms with E-state index in [9.17, 15) is 13.2 Å². The van der Waals surface area contributed by atoms with Crippen LogP contribution < -0.4 is 14.8 Å². The number of nitrogens with one attached hydrogen (secondary N) is 2. The maximum absolute atomic E-state index is 12.5. The molecule has 0 aromatic heterocycles. The van der Waals surface area contributed by atoms with Gasteiger partial charge < -0.3 is 10.1 Å². The quantitative estimate of drug-likeness (QED) is 0.712. The Balaban J connectivity index is 1.99. The SMILES string of the molecule is CC(Oc1ccc(C(C)(C)C)cc1)C(=O)NC(C)c1cccc(NS(C)(=O)=O)c1. The molecule has 2 unspecified atom stereocenters. The van der Waals surface area contributed by atoms with Gasteiger partial charge in [-0.2, -0.15) is 0 Å². The summed E-state index contributed by atoms with van der Waals surface area (Å²) < 4.78 is 31.0. The van der Waals surface area contributed by atoms with Gasteiger partial charge >= 0.3 is 0 Å². The van der Waals surface area contributed by atoms with Crippen LogP contribution in [0, 0.1) is 0 Å². The van der Waals surface area contributed by atoms with Crippen LogP contribution in [-0.4, -0.2) is 26.7 Å². The van der Waals surface area contributed by atoms with E-state index in [1.54, 1.807) is 25.1 Å².